The average molecular weight is 416 g/mol. The minimum Gasteiger partial charge on any atom is -0.399 e. The first-order valence-corrected chi connectivity index (χ1v) is 8.18. The molecule has 9 heteroatoms. The van der Waals surface area contributed by atoms with E-state index in [4.69, 9.17) is 5.73 Å². The molecule has 1 amide bonds. The van der Waals surface area contributed by atoms with Crippen molar-refractivity contribution in [1.82, 2.24) is 10.2 Å². The van der Waals surface area contributed by atoms with Gasteiger partial charge in [0.2, 0.25) is 0 Å². The van der Waals surface area contributed by atoms with Gasteiger partial charge in [0.25, 0.3) is 5.91 Å². The van der Waals surface area contributed by atoms with Crippen LogP contribution < -0.4 is 11.1 Å². The monoisotopic (exact) mass is 415 g/mol. The average Bonchev–Trinajstić information content (AvgIpc) is 2.50. The fraction of sp³-hybridized carbons (Fsp3) is 0.588. The summed E-state index contributed by atoms with van der Waals surface area (Å²) in [5.41, 5.74) is 7.68. The Hall–Kier alpha value is -1.18. The molecule has 0 bridgehead atoms. The van der Waals surface area contributed by atoms with Gasteiger partial charge < -0.3 is 11.1 Å². The molecule has 1 aliphatic heterocycles. The van der Waals surface area contributed by atoms with Crippen molar-refractivity contribution >= 4 is 36.4 Å². The van der Waals surface area contributed by atoms with Crippen molar-refractivity contribution in [3.05, 3.63) is 29.3 Å². The van der Waals surface area contributed by atoms with Crippen molar-refractivity contribution in [3.8, 4) is 0 Å². The number of alkyl halides is 3. The summed E-state index contributed by atoms with van der Waals surface area (Å²) < 4.78 is 37.1. The molecule has 0 saturated carbocycles. The third-order valence-electron chi connectivity index (χ3n) is 4.45. The zero-order chi connectivity index (χ0) is 17.7. The highest BCUT2D eigenvalue weighted by molar-refractivity contribution is 5.96. The van der Waals surface area contributed by atoms with Crippen LogP contribution in [0.5, 0.6) is 0 Å². The van der Waals surface area contributed by atoms with Crippen molar-refractivity contribution in [2.45, 2.75) is 32.4 Å². The molecule has 0 unspecified atom stereocenters. The van der Waals surface area contributed by atoms with Gasteiger partial charge in [-0.3, -0.25) is 9.69 Å². The van der Waals surface area contributed by atoms with Crippen LogP contribution in [0.25, 0.3) is 0 Å². The Balaban J connectivity index is 0.00000312. The van der Waals surface area contributed by atoms with Gasteiger partial charge >= 0.3 is 6.18 Å². The standard InChI is InChI=1S/C17H24F3N3O.2ClH/c1-12-2-3-14(21)10-15(12)16(24)22-7-4-13-5-8-23(9-6-13)11-17(18,19)20;;/h2-3,10,13H,4-9,11,21H2,1H3,(H,22,24);2*1H. The predicted molar refractivity (Wildman–Crippen MR) is 102 cm³/mol. The number of carbonyl (C=O) groups is 1. The van der Waals surface area contributed by atoms with Crippen molar-refractivity contribution < 1.29 is 18.0 Å². The molecule has 1 fully saturated rings. The molecule has 0 aliphatic carbocycles. The lowest BCUT2D eigenvalue weighted by atomic mass is 9.93. The van der Waals surface area contributed by atoms with Gasteiger partial charge in [-0.1, -0.05) is 6.07 Å². The number of likely N-dealkylation sites (tertiary alicyclic amines) is 1. The number of nitrogens with zero attached hydrogens (tertiary/aromatic N) is 1. The third-order valence-corrected chi connectivity index (χ3v) is 4.45. The van der Waals surface area contributed by atoms with Crippen LogP contribution in [0.4, 0.5) is 18.9 Å². The highest BCUT2D eigenvalue weighted by Gasteiger charge is 2.32. The molecule has 1 aliphatic rings. The number of anilines is 1. The largest absolute Gasteiger partial charge is 0.401 e. The number of nitrogen functional groups attached to an aromatic ring is 1. The summed E-state index contributed by atoms with van der Waals surface area (Å²) in [5, 5.41) is 2.88. The van der Waals surface area contributed by atoms with Crippen LogP contribution in [0.2, 0.25) is 0 Å². The van der Waals surface area contributed by atoms with Crippen LogP contribution in [0.3, 0.4) is 0 Å². The molecule has 0 radical (unpaired) electrons. The molecule has 0 aromatic heterocycles. The van der Waals surface area contributed by atoms with Gasteiger partial charge in [0.05, 0.1) is 6.54 Å². The molecule has 1 saturated heterocycles. The fourth-order valence-corrected chi connectivity index (χ4v) is 3.06. The Kier molecular flexibility index (Phi) is 10.4. The fourth-order valence-electron chi connectivity index (χ4n) is 3.06. The minimum atomic E-state index is -4.13. The van der Waals surface area contributed by atoms with Crippen LogP contribution in [0.1, 0.15) is 35.2 Å². The quantitative estimate of drug-likeness (QED) is 0.718. The Morgan fingerprint density at radius 3 is 2.46 bits per heavy atom. The molecule has 1 aromatic rings. The van der Waals surface area contributed by atoms with Gasteiger partial charge in [0.15, 0.2) is 0 Å². The number of hydrogen-bond acceptors (Lipinski definition) is 3. The third kappa shape index (κ3) is 8.01. The lowest BCUT2D eigenvalue weighted by Gasteiger charge is -2.32. The molecule has 150 valence electrons. The number of amides is 1. The molecular weight excluding hydrogens is 390 g/mol. The summed E-state index contributed by atoms with van der Waals surface area (Å²) in [6.07, 6.45) is -1.87. The number of nitrogens with one attached hydrogen (secondary N) is 1. The van der Waals surface area contributed by atoms with E-state index in [1.54, 1.807) is 18.2 Å². The molecule has 0 atom stereocenters. The Labute approximate surface area is 164 Å². The second-order valence-corrected chi connectivity index (χ2v) is 6.45. The second-order valence-electron chi connectivity index (χ2n) is 6.45. The molecule has 0 spiro atoms. The van der Waals surface area contributed by atoms with E-state index in [1.165, 1.54) is 4.90 Å². The van der Waals surface area contributed by atoms with Gasteiger partial charge in [0, 0.05) is 17.8 Å². The van der Waals surface area contributed by atoms with Gasteiger partial charge in [-0.25, -0.2) is 0 Å². The Morgan fingerprint density at radius 2 is 1.88 bits per heavy atom. The van der Waals surface area contributed by atoms with Crippen LogP contribution in [0, 0.1) is 12.8 Å². The lowest BCUT2D eigenvalue weighted by Crippen LogP contribution is -2.40. The van der Waals surface area contributed by atoms with Gasteiger partial charge in [-0.15, -0.1) is 24.8 Å². The Bertz CT molecular complexity index is 577. The number of nitrogens with two attached hydrogens (primary N) is 1. The highest BCUT2D eigenvalue weighted by atomic mass is 35.5. The highest BCUT2D eigenvalue weighted by Crippen LogP contribution is 2.24. The number of piperidine rings is 1. The maximum absolute atomic E-state index is 12.4. The van der Waals surface area contributed by atoms with E-state index in [0.717, 1.165) is 24.8 Å². The lowest BCUT2D eigenvalue weighted by molar-refractivity contribution is -0.148. The van der Waals surface area contributed by atoms with E-state index in [-0.39, 0.29) is 30.7 Å². The van der Waals surface area contributed by atoms with Crippen LogP contribution in [0.15, 0.2) is 18.2 Å². The number of aryl methyl sites for hydroxylation is 1. The van der Waals surface area contributed by atoms with Crippen molar-refractivity contribution in [2.75, 3.05) is 31.9 Å². The molecule has 26 heavy (non-hydrogen) atoms. The summed E-state index contributed by atoms with van der Waals surface area (Å²) in [6.45, 7) is 2.48. The number of hydrogen-bond donors (Lipinski definition) is 2. The zero-order valence-electron chi connectivity index (χ0n) is 14.6. The number of benzene rings is 1. The van der Waals surface area contributed by atoms with Crippen LogP contribution in [-0.2, 0) is 0 Å². The van der Waals surface area contributed by atoms with Crippen LogP contribution in [-0.4, -0.2) is 43.2 Å². The maximum Gasteiger partial charge on any atom is 0.401 e. The van der Waals surface area contributed by atoms with E-state index in [9.17, 15) is 18.0 Å². The Morgan fingerprint density at radius 1 is 1.27 bits per heavy atom. The molecule has 2 rings (SSSR count). The summed E-state index contributed by atoms with van der Waals surface area (Å²) in [6, 6.07) is 5.21. The van der Waals surface area contributed by atoms with Gasteiger partial charge in [0.1, 0.15) is 0 Å². The number of rotatable bonds is 5. The molecular formula is C17H26Cl2F3N3O. The number of carbonyl (C=O) groups excluding carboxylic acids is 1. The van der Waals surface area contributed by atoms with Gasteiger partial charge in [-0.2, -0.15) is 13.2 Å². The topological polar surface area (TPSA) is 58.4 Å². The van der Waals surface area contributed by atoms with E-state index in [0.29, 0.717) is 36.8 Å². The van der Waals surface area contributed by atoms with Crippen molar-refractivity contribution in [2.24, 2.45) is 5.92 Å². The molecule has 4 nitrogen and oxygen atoms in total. The van der Waals surface area contributed by atoms with Crippen molar-refractivity contribution in [3.63, 3.8) is 0 Å². The van der Waals surface area contributed by atoms with E-state index in [1.807, 2.05) is 6.92 Å². The SMILES string of the molecule is Cc1ccc(N)cc1C(=O)NCCC1CCN(CC(F)(F)F)CC1.Cl.Cl. The normalized spacial score (nSPS) is 15.7. The summed E-state index contributed by atoms with van der Waals surface area (Å²) >= 11 is 0. The van der Waals surface area contributed by atoms with E-state index >= 15 is 0 Å². The molecule has 3 N–H and O–H groups in total. The zero-order valence-corrected chi connectivity index (χ0v) is 16.3. The molecule has 1 aromatic carbocycles. The predicted octanol–water partition coefficient (Wildman–Crippen LogP) is 3.82. The summed E-state index contributed by atoms with van der Waals surface area (Å²) in [4.78, 5) is 13.6. The molecule has 1 heterocycles. The van der Waals surface area contributed by atoms with E-state index in [2.05, 4.69) is 5.32 Å². The number of halogens is 5. The summed E-state index contributed by atoms with van der Waals surface area (Å²) in [7, 11) is 0. The van der Waals surface area contributed by atoms with E-state index < -0.39 is 12.7 Å². The first-order valence-electron chi connectivity index (χ1n) is 8.18. The summed E-state index contributed by atoms with van der Waals surface area (Å²) in [5.74, 6) is 0.200. The minimum absolute atomic E-state index is 0. The first-order chi connectivity index (χ1) is 11.2. The smallest absolute Gasteiger partial charge is 0.399 e. The first kappa shape index (κ1) is 24.8. The maximum atomic E-state index is 12.4. The van der Waals surface area contributed by atoms with Crippen molar-refractivity contribution in [1.29, 1.82) is 0 Å². The van der Waals surface area contributed by atoms with Crippen LogP contribution >= 0.6 is 24.8 Å². The second kappa shape index (κ2) is 10.8. The van der Waals surface area contributed by atoms with Gasteiger partial charge in [-0.05, 0) is 62.9 Å².